The zero-order valence-corrected chi connectivity index (χ0v) is 12.0. The van der Waals surface area contributed by atoms with E-state index in [0.29, 0.717) is 0 Å². The van der Waals surface area contributed by atoms with Gasteiger partial charge in [-0.25, -0.2) is 4.98 Å². The number of pyridine rings is 1. The molecule has 3 rings (SSSR count). The quantitative estimate of drug-likeness (QED) is 0.771. The van der Waals surface area contributed by atoms with Gasteiger partial charge in [-0.3, -0.25) is 0 Å². The molecule has 18 heavy (non-hydrogen) atoms. The van der Waals surface area contributed by atoms with E-state index >= 15 is 0 Å². The first-order valence-corrected chi connectivity index (χ1v) is 6.99. The van der Waals surface area contributed by atoms with E-state index in [1.165, 1.54) is 5.56 Å². The molecule has 1 aromatic heterocycles. The summed E-state index contributed by atoms with van der Waals surface area (Å²) in [6.07, 6.45) is 2.09. The molecule has 1 aromatic carbocycles. The van der Waals surface area contributed by atoms with E-state index in [-0.39, 0.29) is 0 Å². The topological polar surface area (TPSA) is 22.1 Å². The Morgan fingerprint density at radius 3 is 2.78 bits per heavy atom. The molecule has 0 aliphatic carbocycles. The van der Waals surface area contributed by atoms with Crippen LogP contribution in [0.1, 0.15) is 12.0 Å². The minimum Gasteiger partial charge on any atom is -0.477 e. The van der Waals surface area contributed by atoms with Crippen molar-refractivity contribution < 1.29 is 4.74 Å². The molecule has 0 unspecified atom stereocenters. The molecule has 1 aliphatic heterocycles. The van der Waals surface area contributed by atoms with Crippen molar-refractivity contribution in [1.82, 2.24) is 4.98 Å². The predicted molar refractivity (Wildman–Crippen MR) is 76.2 cm³/mol. The molecule has 0 saturated carbocycles. The first kappa shape index (κ1) is 12.0. The molecule has 1 aliphatic rings. The van der Waals surface area contributed by atoms with Crippen LogP contribution < -0.4 is 4.74 Å². The van der Waals surface area contributed by atoms with Gasteiger partial charge in [0.2, 0.25) is 5.88 Å². The molecule has 0 amide bonds. The summed E-state index contributed by atoms with van der Waals surface area (Å²) in [7, 11) is 0. The van der Waals surface area contributed by atoms with Crippen molar-refractivity contribution in [1.29, 1.82) is 0 Å². The van der Waals surface area contributed by atoms with E-state index < -0.39 is 0 Å². The molecule has 0 fully saturated rings. The lowest BCUT2D eigenvalue weighted by molar-refractivity contribution is 0.276. The standard InChI is InChI=1S/C14H11BrClNO/c15-12-8-10-2-1-7-18-14(10)17-13(12)9-3-5-11(16)6-4-9/h3-6,8H,1-2,7H2. The highest BCUT2D eigenvalue weighted by atomic mass is 79.9. The van der Waals surface area contributed by atoms with Gasteiger partial charge in [0.05, 0.1) is 12.3 Å². The Morgan fingerprint density at radius 1 is 1.22 bits per heavy atom. The number of aromatic nitrogens is 1. The summed E-state index contributed by atoms with van der Waals surface area (Å²) in [5.74, 6) is 0.759. The van der Waals surface area contributed by atoms with Gasteiger partial charge in [-0.1, -0.05) is 23.7 Å². The van der Waals surface area contributed by atoms with E-state index in [9.17, 15) is 0 Å². The van der Waals surface area contributed by atoms with E-state index in [1.807, 2.05) is 24.3 Å². The lowest BCUT2D eigenvalue weighted by Crippen LogP contribution is -2.10. The molecule has 2 nitrogen and oxygen atoms in total. The van der Waals surface area contributed by atoms with E-state index in [0.717, 1.165) is 46.1 Å². The number of rotatable bonds is 1. The van der Waals surface area contributed by atoms with Crippen LogP contribution in [0.15, 0.2) is 34.8 Å². The van der Waals surface area contributed by atoms with Crippen LogP contribution >= 0.6 is 27.5 Å². The number of aryl methyl sites for hydroxylation is 1. The maximum atomic E-state index is 5.90. The van der Waals surface area contributed by atoms with Gasteiger partial charge in [-0.15, -0.1) is 0 Å². The van der Waals surface area contributed by atoms with Gasteiger partial charge in [-0.05, 0) is 47.0 Å². The summed E-state index contributed by atoms with van der Waals surface area (Å²) in [5.41, 5.74) is 3.10. The van der Waals surface area contributed by atoms with Crippen LogP contribution in [0.5, 0.6) is 5.88 Å². The van der Waals surface area contributed by atoms with Crippen molar-refractivity contribution in [2.45, 2.75) is 12.8 Å². The van der Waals surface area contributed by atoms with E-state index in [2.05, 4.69) is 27.0 Å². The summed E-state index contributed by atoms with van der Waals surface area (Å²) >= 11 is 9.48. The van der Waals surface area contributed by atoms with Crippen molar-refractivity contribution in [2.24, 2.45) is 0 Å². The number of fused-ring (bicyclic) bond motifs is 1. The van der Waals surface area contributed by atoms with Gasteiger partial charge >= 0.3 is 0 Å². The average Bonchev–Trinajstić information content (AvgIpc) is 2.39. The molecule has 0 spiro atoms. The van der Waals surface area contributed by atoms with E-state index in [1.54, 1.807) is 0 Å². The summed E-state index contributed by atoms with van der Waals surface area (Å²) in [6.45, 7) is 0.752. The van der Waals surface area contributed by atoms with Crippen LogP contribution in [0.3, 0.4) is 0 Å². The van der Waals surface area contributed by atoms with Crippen LogP contribution in [-0.2, 0) is 6.42 Å². The number of nitrogens with zero attached hydrogens (tertiary/aromatic N) is 1. The van der Waals surface area contributed by atoms with Gasteiger partial charge in [-0.2, -0.15) is 0 Å². The molecular formula is C14H11BrClNO. The molecule has 0 radical (unpaired) electrons. The van der Waals surface area contributed by atoms with Gasteiger partial charge in [0.25, 0.3) is 0 Å². The van der Waals surface area contributed by atoms with Crippen LogP contribution in [0.25, 0.3) is 11.3 Å². The SMILES string of the molecule is Clc1ccc(-c2nc3c(cc2Br)CCCO3)cc1. The fourth-order valence-electron chi connectivity index (χ4n) is 2.06. The Labute approximate surface area is 119 Å². The highest BCUT2D eigenvalue weighted by Crippen LogP contribution is 2.33. The maximum absolute atomic E-state index is 5.90. The highest BCUT2D eigenvalue weighted by molar-refractivity contribution is 9.10. The van der Waals surface area contributed by atoms with Gasteiger partial charge in [0.1, 0.15) is 0 Å². The maximum Gasteiger partial charge on any atom is 0.217 e. The van der Waals surface area contributed by atoms with Crippen molar-refractivity contribution in [2.75, 3.05) is 6.61 Å². The van der Waals surface area contributed by atoms with Crippen molar-refractivity contribution >= 4 is 27.5 Å². The third-order valence-electron chi connectivity index (χ3n) is 2.96. The number of halogens is 2. The summed E-state index contributed by atoms with van der Waals surface area (Å²) < 4.78 is 6.60. The molecule has 2 heterocycles. The molecule has 4 heteroatoms. The normalized spacial score (nSPS) is 13.9. The average molecular weight is 325 g/mol. The fraction of sp³-hybridized carbons (Fsp3) is 0.214. The fourth-order valence-corrected chi connectivity index (χ4v) is 2.78. The van der Waals surface area contributed by atoms with Crippen molar-refractivity contribution in [3.8, 4) is 17.1 Å². The molecule has 0 saturated heterocycles. The number of benzene rings is 1. The zero-order chi connectivity index (χ0) is 12.5. The van der Waals surface area contributed by atoms with Gasteiger partial charge < -0.3 is 4.74 Å². The summed E-state index contributed by atoms with van der Waals surface area (Å²) in [5, 5.41) is 0.726. The minimum absolute atomic E-state index is 0.726. The highest BCUT2D eigenvalue weighted by Gasteiger charge is 2.16. The Morgan fingerprint density at radius 2 is 2.00 bits per heavy atom. The summed E-state index contributed by atoms with van der Waals surface area (Å²) in [4.78, 5) is 4.60. The largest absolute Gasteiger partial charge is 0.477 e. The number of hydrogen-bond donors (Lipinski definition) is 0. The second kappa shape index (κ2) is 4.90. The summed E-state index contributed by atoms with van der Waals surface area (Å²) in [6, 6.07) is 9.76. The molecular weight excluding hydrogens is 314 g/mol. The lowest BCUT2D eigenvalue weighted by Gasteiger charge is -2.17. The third kappa shape index (κ3) is 2.25. The number of ether oxygens (including phenoxy) is 1. The Bertz CT molecular complexity index is 583. The second-order valence-corrected chi connectivity index (χ2v) is 5.53. The molecule has 92 valence electrons. The lowest BCUT2D eigenvalue weighted by atomic mass is 10.1. The first-order chi connectivity index (χ1) is 8.74. The zero-order valence-electron chi connectivity index (χ0n) is 9.62. The number of hydrogen-bond acceptors (Lipinski definition) is 2. The molecule has 0 atom stereocenters. The molecule has 0 N–H and O–H groups in total. The monoisotopic (exact) mass is 323 g/mol. The van der Waals surface area contributed by atoms with Crippen LogP contribution in [0.2, 0.25) is 5.02 Å². The molecule has 2 aromatic rings. The Balaban J connectivity index is 2.09. The smallest absolute Gasteiger partial charge is 0.217 e. The molecule has 0 bridgehead atoms. The van der Waals surface area contributed by atoms with Crippen LogP contribution in [0.4, 0.5) is 0 Å². The minimum atomic E-state index is 0.726. The van der Waals surface area contributed by atoms with Crippen LogP contribution in [-0.4, -0.2) is 11.6 Å². The van der Waals surface area contributed by atoms with Crippen molar-refractivity contribution in [3.05, 3.63) is 45.4 Å². The van der Waals surface area contributed by atoms with Crippen LogP contribution in [0, 0.1) is 0 Å². The predicted octanol–water partition coefficient (Wildman–Crippen LogP) is 4.49. The first-order valence-electron chi connectivity index (χ1n) is 5.82. The van der Waals surface area contributed by atoms with E-state index in [4.69, 9.17) is 16.3 Å². The third-order valence-corrected chi connectivity index (χ3v) is 3.82. The van der Waals surface area contributed by atoms with Crippen molar-refractivity contribution in [3.63, 3.8) is 0 Å². The Kier molecular flexibility index (Phi) is 3.27. The van der Waals surface area contributed by atoms with Gasteiger partial charge in [0, 0.05) is 20.6 Å². The van der Waals surface area contributed by atoms with Gasteiger partial charge in [0.15, 0.2) is 0 Å². The Hall–Kier alpha value is -1.06. The second-order valence-electron chi connectivity index (χ2n) is 4.24.